The second-order valence-electron chi connectivity index (χ2n) is 8.16. The molecular weight excluding hydrogens is 312 g/mol. The van der Waals surface area contributed by atoms with Crippen molar-refractivity contribution in [2.45, 2.75) is 44.2 Å². The van der Waals surface area contributed by atoms with Crippen LogP contribution in [0.1, 0.15) is 44.1 Å². The van der Waals surface area contributed by atoms with Crippen LogP contribution < -0.4 is 9.64 Å². The van der Waals surface area contributed by atoms with Crippen molar-refractivity contribution in [2.75, 3.05) is 25.6 Å². The van der Waals surface area contributed by atoms with E-state index in [1.807, 2.05) is 6.07 Å². The summed E-state index contributed by atoms with van der Waals surface area (Å²) < 4.78 is 5.50. The first-order valence-corrected chi connectivity index (χ1v) is 9.49. The van der Waals surface area contributed by atoms with Crippen molar-refractivity contribution in [1.29, 1.82) is 0 Å². The summed E-state index contributed by atoms with van der Waals surface area (Å²) in [4.78, 5) is 17.9. The van der Waals surface area contributed by atoms with Gasteiger partial charge in [-0.3, -0.25) is 14.6 Å². The van der Waals surface area contributed by atoms with E-state index in [0.717, 1.165) is 30.8 Å². The van der Waals surface area contributed by atoms with Crippen LogP contribution in [0.5, 0.6) is 5.75 Å². The number of nitrogens with zero attached hydrogens (tertiary/aromatic N) is 2. The van der Waals surface area contributed by atoms with Crippen molar-refractivity contribution < 1.29 is 9.53 Å². The molecule has 0 radical (unpaired) electrons. The van der Waals surface area contributed by atoms with Gasteiger partial charge >= 0.3 is 0 Å². The zero-order valence-corrected chi connectivity index (χ0v) is 15.3. The highest BCUT2D eigenvalue weighted by Crippen LogP contribution is 2.69. The molecule has 3 heterocycles. The molecular formula is C21H26N2O2. The van der Waals surface area contributed by atoms with Gasteiger partial charge in [0.2, 0.25) is 5.91 Å². The van der Waals surface area contributed by atoms with Crippen LogP contribution in [-0.2, 0) is 4.79 Å². The lowest BCUT2D eigenvalue weighted by Gasteiger charge is -2.59. The van der Waals surface area contributed by atoms with Gasteiger partial charge in [0.1, 0.15) is 11.4 Å². The average molecular weight is 338 g/mol. The summed E-state index contributed by atoms with van der Waals surface area (Å²) in [5, 5.41) is 0. The van der Waals surface area contributed by atoms with Gasteiger partial charge in [-0.2, -0.15) is 0 Å². The number of carbonyl (C=O) groups is 1. The van der Waals surface area contributed by atoms with E-state index in [-0.39, 0.29) is 17.0 Å². The summed E-state index contributed by atoms with van der Waals surface area (Å²) >= 11 is 0. The Labute approximate surface area is 149 Å². The molecule has 1 aromatic carbocycles. The smallest absolute Gasteiger partial charge is 0.229 e. The summed E-state index contributed by atoms with van der Waals surface area (Å²) in [6, 6.07) is 6.33. The van der Waals surface area contributed by atoms with Gasteiger partial charge in [0, 0.05) is 30.4 Å². The van der Waals surface area contributed by atoms with Crippen molar-refractivity contribution in [1.82, 2.24) is 4.90 Å². The Morgan fingerprint density at radius 3 is 2.96 bits per heavy atom. The number of hydrogen-bond acceptors (Lipinski definition) is 3. The molecule has 1 spiro atoms. The van der Waals surface area contributed by atoms with Crippen LogP contribution in [0.15, 0.2) is 30.4 Å². The Balaban J connectivity index is 1.83. The second-order valence-corrected chi connectivity index (χ2v) is 8.16. The Morgan fingerprint density at radius 1 is 1.36 bits per heavy atom. The van der Waals surface area contributed by atoms with Gasteiger partial charge in [-0.05, 0) is 43.9 Å². The largest absolute Gasteiger partial charge is 0.497 e. The van der Waals surface area contributed by atoms with Gasteiger partial charge in [-0.25, -0.2) is 0 Å². The fourth-order valence-corrected chi connectivity index (χ4v) is 6.67. The topological polar surface area (TPSA) is 32.8 Å². The molecule has 1 saturated carbocycles. The molecule has 4 aliphatic rings. The summed E-state index contributed by atoms with van der Waals surface area (Å²) in [6.45, 7) is 3.21. The highest BCUT2D eigenvalue weighted by Gasteiger charge is 2.73. The number of methoxy groups -OCH3 is 1. The number of fused-ring (bicyclic) bond motifs is 2. The minimum atomic E-state index is -0.196. The number of amides is 1. The molecule has 1 aromatic rings. The maximum absolute atomic E-state index is 13.3. The van der Waals surface area contributed by atoms with Crippen LogP contribution in [0.3, 0.4) is 0 Å². The van der Waals surface area contributed by atoms with Crippen LogP contribution in [0.2, 0.25) is 0 Å². The fourth-order valence-electron chi connectivity index (χ4n) is 6.67. The SMILES string of the molecule is CC[C@H]1c2ccc(OC)cc2N2C(=O)C[C@@]34C=CCN(C)C23[C@@H]1CC4. The van der Waals surface area contributed by atoms with Crippen LogP contribution in [0, 0.1) is 11.3 Å². The monoisotopic (exact) mass is 338 g/mol. The van der Waals surface area contributed by atoms with Crippen LogP contribution >= 0.6 is 0 Å². The van der Waals surface area contributed by atoms with E-state index in [4.69, 9.17) is 4.74 Å². The maximum Gasteiger partial charge on any atom is 0.229 e. The predicted molar refractivity (Wildman–Crippen MR) is 97.8 cm³/mol. The Morgan fingerprint density at radius 2 is 2.20 bits per heavy atom. The minimum Gasteiger partial charge on any atom is -0.497 e. The Hall–Kier alpha value is -1.81. The third kappa shape index (κ3) is 1.56. The quantitative estimate of drug-likeness (QED) is 0.773. The molecule has 132 valence electrons. The third-order valence-electron chi connectivity index (χ3n) is 7.41. The fraction of sp³-hybridized carbons (Fsp3) is 0.571. The molecule has 1 unspecified atom stereocenters. The minimum absolute atomic E-state index is 0.0318. The normalized spacial score (nSPS) is 38.5. The van der Waals surface area contributed by atoms with E-state index in [2.05, 4.69) is 48.1 Å². The lowest BCUT2D eigenvalue weighted by molar-refractivity contribution is -0.118. The first kappa shape index (κ1) is 15.4. The molecule has 5 rings (SSSR count). The molecule has 1 saturated heterocycles. The average Bonchev–Trinajstić information content (AvgIpc) is 3.09. The maximum atomic E-state index is 13.3. The molecule has 1 amide bonds. The van der Waals surface area contributed by atoms with Crippen molar-refractivity contribution in [2.24, 2.45) is 11.3 Å². The van der Waals surface area contributed by atoms with Gasteiger partial charge in [0.15, 0.2) is 0 Å². The predicted octanol–water partition coefficient (Wildman–Crippen LogP) is 3.53. The van der Waals surface area contributed by atoms with Crippen molar-refractivity contribution in [3.05, 3.63) is 35.9 Å². The van der Waals surface area contributed by atoms with Crippen LogP contribution in [0.4, 0.5) is 5.69 Å². The van der Waals surface area contributed by atoms with E-state index in [1.165, 1.54) is 12.0 Å². The summed E-state index contributed by atoms with van der Waals surface area (Å²) in [5.41, 5.74) is 2.18. The number of hydrogen-bond donors (Lipinski definition) is 0. The van der Waals surface area contributed by atoms with Gasteiger partial charge in [-0.1, -0.05) is 25.1 Å². The summed E-state index contributed by atoms with van der Waals surface area (Å²) in [6.07, 6.45) is 8.71. The molecule has 0 bridgehead atoms. The van der Waals surface area contributed by atoms with E-state index in [9.17, 15) is 4.79 Å². The highest BCUT2D eigenvalue weighted by molar-refractivity contribution is 6.01. The molecule has 2 fully saturated rings. The summed E-state index contributed by atoms with van der Waals surface area (Å²) in [5.74, 6) is 2.10. The molecule has 4 atom stereocenters. The number of benzene rings is 1. The molecule has 4 heteroatoms. The van der Waals surface area contributed by atoms with Crippen molar-refractivity contribution in [3.63, 3.8) is 0 Å². The van der Waals surface area contributed by atoms with Crippen LogP contribution in [-0.4, -0.2) is 37.2 Å². The number of likely N-dealkylation sites (N-methyl/N-ethyl adjacent to an activating group) is 1. The standard InChI is InChI=1S/C21H26N2O2/c1-4-15-16-7-6-14(25-3)12-18(16)23-19(24)13-20-9-5-11-22(2)21(20,23)17(15)8-10-20/h5-7,9,12,15,17H,4,8,10-11,13H2,1-3H3/t15-,17+,20-,21?/m0/s1. The first-order valence-electron chi connectivity index (χ1n) is 9.49. The van der Waals surface area contributed by atoms with Crippen LogP contribution in [0.25, 0.3) is 0 Å². The van der Waals surface area contributed by atoms with E-state index >= 15 is 0 Å². The van der Waals surface area contributed by atoms with Crippen molar-refractivity contribution >= 4 is 11.6 Å². The zero-order chi connectivity index (χ0) is 17.4. The molecule has 3 aliphatic heterocycles. The van der Waals surface area contributed by atoms with E-state index in [1.54, 1.807) is 7.11 Å². The van der Waals surface area contributed by atoms with E-state index in [0.29, 0.717) is 18.3 Å². The lowest BCUT2D eigenvalue weighted by Crippen LogP contribution is -2.69. The lowest BCUT2D eigenvalue weighted by atomic mass is 9.65. The first-order chi connectivity index (χ1) is 12.1. The molecule has 1 aliphatic carbocycles. The van der Waals surface area contributed by atoms with Crippen molar-refractivity contribution in [3.8, 4) is 5.75 Å². The molecule has 25 heavy (non-hydrogen) atoms. The van der Waals surface area contributed by atoms with Gasteiger partial charge in [0.05, 0.1) is 12.8 Å². The molecule has 4 nitrogen and oxygen atoms in total. The van der Waals surface area contributed by atoms with E-state index < -0.39 is 0 Å². The summed E-state index contributed by atoms with van der Waals surface area (Å²) in [7, 11) is 3.91. The number of ether oxygens (including phenoxy) is 1. The van der Waals surface area contributed by atoms with Gasteiger partial charge < -0.3 is 4.74 Å². The zero-order valence-electron chi connectivity index (χ0n) is 15.3. The third-order valence-corrected chi connectivity index (χ3v) is 7.41. The second kappa shape index (κ2) is 4.88. The molecule has 0 N–H and O–H groups in total. The Bertz CT molecular complexity index is 788. The number of carbonyl (C=O) groups excluding carboxylic acids is 1. The highest BCUT2D eigenvalue weighted by atomic mass is 16.5. The number of anilines is 1. The van der Waals surface area contributed by atoms with Gasteiger partial charge in [-0.15, -0.1) is 0 Å². The molecule has 0 aromatic heterocycles. The Kier molecular flexibility index (Phi) is 3.01. The van der Waals surface area contributed by atoms with Gasteiger partial charge in [0.25, 0.3) is 0 Å². The number of rotatable bonds is 2.